The van der Waals surface area contributed by atoms with E-state index in [2.05, 4.69) is 26.1 Å². The third-order valence-electron chi connectivity index (χ3n) is 5.18. The summed E-state index contributed by atoms with van der Waals surface area (Å²) in [6.45, 7) is 1.18. The first kappa shape index (κ1) is 18.8. The van der Waals surface area contributed by atoms with Gasteiger partial charge < -0.3 is 14.2 Å². The van der Waals surface area contributed by atoms with Crippen molar-refractivity contribution >= 4 is 32.7 Å². The summed E-state index contributed by atoms with van der Waals surface area (Å²) >= 11 is 3.36. The van der Waals surface area contributed by atoms with Crippen molar-refractivity contribution in [3.63, 3.8) is 0 Å². The molecule has 0 spiro atoms. The maximum absolute atomic E-state index is 13.1. The van der Waals surface area contributed by atoms with Crippen molar-refractivity contribution in [1.29, 1.82) is 0 Å². The van der Waals surface area contributed by atoms with E-state index in [1.54, 1.807) is 12.3 Å². The van der Waals surface area contributed by atoms with Gasteiger partial charge in [-0.3, -0.25) is 4.79 Å². The highest BCUT2D eigenvalue weighted by Crippen LogP contribution is 2.30. The molecule has 0 bridgehead atoms. The van der Waals surface area contributed by atoms with Gasteiger partial charge >= 0.3 is 0 Å². The largest absolute Gasteiger partial charge is 0.472 e. The SMILES string of the molecule is O=C(c1ccc2noc(-c3ccccc3)c2c1)N1CCC(Oc2ccc(Br)cn2)C1. The first-order valence-corrected chi connectivity index (χ1v) is 10.5. The van der Waals surface area contributed by atoms with E-state index in [-0.39, 0.29) is 12.0 Å². The van der Waals surface area contributed by atoms with Crippen LogP contribution in [0.3, 0.4) is 0 Å². The fraction of sp³-hybridized carbons (Fsp3) is 0.174. The molecule has 150 valence electrons. The van der Waals surface area contributed by atoms with Crippen molar-refractivity contribution < 1.29 is 14.1 Å². The molecular formula is C23H18BrN3O3. The lowest BCUT2D eigenvalue weighted by molar-refractivity contribution is 0.0771. The predicted octanol–water partition coefficient (Wildman–Crippen LogP) is 4.95. The summed E-state index contributed by atoms with van der Waals surface area (Å²) in [4.78, 5) is 19.2. The number of nitrogens with zero attached hydrogens (tertiary/aromatic N) is 3. The Labute approximate surface area is 181 Å². The summed E-state index contributed by atoms with van der Waals surface area (Å²) in [6, 6.07) is 19.0. The average Bonchev–Trinajstić information content (AvgIpc) is 3.42. The quantitative estimate of drug-likeness (QED) is 0.428. The van der Waals surface area contributed by atoms with E-state index in [1.165, 1.54) is 0 Å². The zero-order valence-electron chi connectivity index (χ0n) is 16.0. The number of rotatable bonds is 4. The average molecular weight is 464 g/mol. The molecule has 2 aromatic heterocycles. The van der Waals surface area contributed by atoms with Crippen molar-refractivity contribution in [2.75, 3.05) is 13.1 Å². The summed E-state index contributed by atoms with van der Waals surface area (Å²) in [5.74, 6) is 1.21. The Kier molecular flexibility index (Phi) is 4.96. The number of aromatic nitrogens is 2. The number of benzene rings is 2. The number of fused-ring (bicyclic) bond motifs is 1. The topological polar surface area (TPSA) is 68.5 Å². The summed E-state index contributed by atoms with van der Waals surface area (Å²) < 4.78 is 12.4. The van der Waals surface area contributed by atoms with Gasteiger partial charge in [0, 0.05) is 40.8 Å². The summed E-state index contributed by atoms with van der Waals surface area (Å²) in [7, 11) is 0. The van der Waals surface area contributed by atoms with Gasteiger partial charge in [0.2, 0.25) is 5.88 Å². The number of halogens is 1. The standard InChI is InChI=1S/C23H18BrN3O3/c24-17-7-9-21(25-13-17)29-18-10-11-27(14-18)23(28)16-6-8-20-19(12-16)22(30-26-20)15-4-2-1-3-5-15/h1-9,12-13,18H,10-11,14H2. The van der Waals surface area contributed by atoms with Crippen LogP contribution < -0.4 is 4.74 Å². The van der Waals surface area contributed by atoms with Crippen molar-refractivity contribution in [3.8, 4) is 17.2 Å². The number of ether oxygens (including phenoxy) is 1. The molecule has 1 aliphatic heterocycles. The number of likely N-dealkylation sites (tertiary alicyclic amines) is 1. The monoisotopic (exact) mass is 463 g/mol. The Hall–Kier alpha value is -3.19. The molecule has 4 aromatic rings. The normalized spacial score (nSPS) is 16.2. The molecule has 30 heavy (non-hydrogen) atoms. The zero-order valence-corrected chi connectivity index (χ0v) is 17.6. The Bertz CT molecular complexity index is 1190. The van der Waals surface area contributed by atoms with Gasteiger partial charge in [-0.25, -0.2) is 4.98 Å². The van der Waals surface area contributed by atoms with E-state index < -0.39 is 0 Å². The highest BCUT2D eigenvalue weighted by Gasteiger charge is 2.29. The van der Waals surface area contributed by atoms with E-state index in [0.717, 1.165) is 27.4 Å². The number of amides is 1. The molecule has 2 aromatic carbocycles. The number of pyridine rings is 1. The Morgan fingerprint density at radius 1 is 1.13 bits per heavy atom. The second-order valence-electron chi connectivity index (χ2n) is 7.20. The van der Waals surface area contributed by atoms with Crippen LogP contribution in [-0.4, -0.2) is 40.1 Å². The van der Waals surface area contributed by atoms with Crippen LogP contribution in [0.1, 0.15) is 16.8 Å². The highest BCUT2D eigenvalue weighted by molar-refractivity contribution is 9.10. The molecule has 1 saturated heterocycles. The predicted molar refractivity (Wildman–Crippen MR) is 116 cm³/mol. The summed E-state index contributed by atoms with van der Waals surface area (Å²) in [5.41, 5.74) is 2.28. The van der Waals surface area contributed by atoms with E-state index in [9.17, 15) is 4.79 Å². The number of carbonyl (C=O) groups excluding carboxylic acids is 1. The smallest absolute Gasteiger partial charge is 0.254 e. The minimum atomic E-state index is -0.0678. The van der Waals surface area contributed by atoms with Gasteiger partial charge in [0.25, 0.3) is 5.91 Å². The van der Waals surface area contributed by atoms with Gasteiger partial charge in [-0.1, -0.05) is 35.5 Å². The first-order valence-electron chi connectivity index (χ1n) is 9.70. The van der Waals surface area contributed by atoms with Crippen LogP contribution >= 0.6 is 15.9 Å². The zero-order chi connectivity index (χ0) is 20.5. The van der Waals surface area contributed by atoms with Gasteiger partial charge in [0.15, 0.2) is 5.76 Å². The van der Waals surface area contributed by atoms with Crippen LogP contribution in [0.5, 0.6) is 5.88 Å². The van der Waals surface area contributed by atoms with Crippen molar-refractivity contribution in [3.05, 3.63) is 76.9 Å². The second-order valence-corrected chi connectivity index (χ2v) is 8.12. The van der Waals surface area contributed by atoms with Crippen LogP contribution in [0.4, 0.5) is 0 Å². The molecule has 1 amide bonds. The van der Waals surface area contributed by atoms with Crippen molar-refractivity contribution in [1.82, 2.24) is 15.0 Å². The van der Waals surface area contributed by atoms with Crippen LogP contribution in [-0.2, 0) is 0 Å². The van der Waals surface area contributed by atoms with Gasteiger partial charge in [-0.05, 0) is 40.2 Å². The molecule has 1 fully saturated rings. The molecule has 3 heterocycles. The van der Waals surface area contributed by atoms with Crippen LogP contribution in [0.25, 0.3) is 22.2 Å². The van der Waals surface area contributed by atoms with Crippen LogP contribution in [0.15, 0.2) is 75.9 Å². The first-order chi connectivity index (χ1) is 14.7. The summed E-state index contributed by atoms with van der Waals surface area (Å²) in [6.07, 6.45) is 2.40. The van der Waals surface area contributed by atoms with E-state index in [0.29, 0.717) is 30.3 Å². The van der Waals surface area contributed by atoms with E-state index in [1.807, 2.05) is 59.5 Å². The lowest BCUT2D eigenvalue weighted by Crippen LogP contribution is -2.31. The fourth-order valence-electron chi connectivity index (χ4n) is 3.67. The number of hydrogen-bond acceptors (Lipinski definition) is 5. The molecule has 0 saturated carbocycles. The number of hydrogen-bond donors (Lipinski definition) is 0. The molecule has 5 rings (SSSR count). The molecule has 7 heteroatoms. The van der Waals surface area contributed by atoms with E-state index in [4.69, 9.17) is 9.26 Å². The third-order valence-corrected chi connectivity index (χ3v) is 5.65. The molecule has 1 unspecified atom stereocenters. The third kappa shape index (κ3) is 3.68. The molecule has 0 radical (unpaired) electrons. The summed E-state index contributed by atoms with van der Waals surface area (Å²) in [5, 5.41) is 4.96. The minimum absolute atomic E-state index is 0.0213. The number of carbonyl (C=O) groups is 1. The lowest BCUT2D eigenvalue weighted by atomic mass is 10.1. The maximum atomic E-state index is 13.1. The lowest BCUT2D eigenvalue weighted by Gasteiger charge is -2.17. The Morgan fingerprint density at radius 2 is 2.00 bits per heavy atom. The Morgan fingerprint density at radius 3 is 2.80 bits per heavy atom. The van der Waals surface area contributed by atoms with Gasteiger partial charge in [-0.2, -0.15) is 0 Å². The van der Waals surface area contributed by atoms with Crippen LogP contribution in [0.2, 0.25) is 0 Å². The molecule has 6 nitrogen and oxygen atoms in total. The van der Waals surface area contributed by atoms with Crippen LogP contribution in [0, 0.1) is 0 Å². The fourth-order valence-corrected chi connectivity index (χ4v) is 3.90. The van der Waals surface area contributed by atoms with Crippen molar-refractivity contribution in [2.45, 2.75) is 12.5 Å². The minimum Gasteiger partial charge on any atom is -0.472 e. The van der Waals surface area contributed by atoms with Gasteiger partial charge in [-0.15, -0.1) is 0 Å². The van der Waals surface area contributed by atoms with Crippen molar-refractivity contribution in [2.24, 2.45) is 0 Å². The molecule has 0 N–H and O–H groups in total. The Balaban J connectivity index is 1.34. The highest BCUT2D eigenvalue weighted by atomic mass is 79.9. The molecule has 1 aliphatic rings. The molecular weight excluding hydrogens is 446 g/mol. The molecule has 0 aliphatic carbocycles. The maximum Gasteiger partial charge on any atom is 0.254 e. The van der Waals surface area contributed by atoms with Gasteiger partial charge in [0.05, 0.1) is 11.9 Å². The second kappa shape index (κ2) is 7.91. The van der Waals surface area contributed by atoms with Gasteiger partial charge in [0.1, 0.15) is 11.6 Å². The van der Waals surface area contributed by atoms with E-state index >= 15 is 0 Å². The molecule has 1 atom stereocenters.